The Morgan fingerprint density at radius 3 is 3.11 bits per heavy atom. The van der Waals surface area contributed by atoms with Crippen molar-refractivity contribution in [1.82, 2.24) is 15.4 Å². The fourth-order valence-electron chi connectivity index (χ4n) is 0.675. The lowest BCUT2D eigenvalue weighted by molar-refractivity contribution is 0.959. The van der Waals surface area contributed by atoms with E-state index in [0.717, 1.165) is 11.0 Å². The van der Waals surface area contributed by atoms with E-state index in [0.29, 0.717) is 0 Å². The Morgan fingerprint density at radius 2 is 2.22 bits per heavy atom. The number of rotatable bonds is 0. The van der Waals surface area contributed by atoms with E-state index in [-0.39, 0.29) is 0 Å². The molecule has 0 amide bonds. The van der Waals surface area contributed by atoms with Crippen LogP contribution in [0.5, 0.6) is 0 Å². The first-order chi connectivity index (χ1) is 4.47. The van der Waals surface area contributed by atoms with Gasteiger partial charge in [-0.25, -0.2) is 0 Å². The van der Waals surface area contributed by atoms with Gasteiger partial charge in [-0.15, -0.1) is 5.10 Å². The first-order valence-electron chi connectivity index (χ1n) is 2.56. The largest absolute Gasteiger partial charge is 0.257 e. The first kappa shape index (κ1) is 4.49. The normalized spacial score (nSPS) is 10.2. The van der Waals surface area contributed by atoms with Gasteiger partial charge in [-0.05, 0) is 0 Å². The highest BCUT2D eigenvalue weighted by Crippen LogP contribution is 2.01. The number of aromatic amines is 1. The summed E-state index contributed by atoms with van der Waals surface area (Å²) in [6, 6.07) is 9.33. The van der Waals surface area contributed by atoms with E-state index < -0.39 is 0 Å². The Kier molecular flexibility index (Phi) is 0.773. The fraction of sp³-hybridized carbons (Fsp3) is 0. The third kappa shape index (κ3) is 0.579. The molecule has 0 aliphatic carbocycles. The summed E-state index contributed by atoms with van der Waals surface area (Å²) in [5.74, 6) is 0. The molecule has 0 fully saturated rings. The van der Waals surface area contributed by atoms with Crippen LogP contribution >= 0.6 is 0 Å². The van der Waals surface area contributed by atoms with Crippen LogP contribution in [0.15, 0.2) is 12.1 Å². The number of hydrogen-bond donors (Lipinski definition) is 1. The molecular weight excluding hydrogens is 114 g/mol. The van der Waals surface area contributed by atoms with Crippen LogP contribution in [0.3, 0.4) is 0 Å². The zero-order chi connectivity index (χ0) is 6.10. The molecule has 0 spiro atoms. The Balaban J connectivity index is 2.95. The molecule has 42 valence electrons. The van der Waals surface area contributed by atoms with Gasteiger partial charge in [-0.3, -0.25) is 5.10 Å². The second-order valence-electron chi connectivity index (χ2n) is 1.66. The summed E-state index contributed by atoms with van der Waals surface area (Å²) in [6.45, 7) is 0. The number of hydrogen-bond acceptors (Lipinski definition) is 2. The molecule has 0 bridgehead atoms. The Hall–Kier alpha value is -1.38. The summed E-state index contributed by atoms with van der Waals surface area (Å²) in [6.07, 6.45) is 0. The van der Waals surface area contributed by atoms with Gasteiger partial charge < -0.3 is 0 Å². The minimum atomic E-state index is 0.734. The fourth-order valence-corrected chi connectivity index (χ4v) is 0.675. The molecule has 1 N–H and O–H groups in total. The van der Waals surface area contributed by atoms with Crippen LogP contribution in [-0.2, 0) is 0 Å². The zero-order valence-corrected chi connectivity index (χ0v) is 4.55. The molecule has 2 rings (SSSR count). The molecule has 3 nitrogen and oxygen atoms in total. The van der Waals surface area contributed by atoms with Gasteiger partial charge in [0.2, 0.25) is 0 Å². The summed E-state index contributed by atoms with van der Waals surface area (Å²) in [5, 5.41) is 9.96. The van der Waals surface area contributed by atoms with Crippen molar-refractivity contribution in [3.8, 4) is 0 Å². The van der Waals surface area contributed by atoms with Crippen LogP contribution in [-0.4, -0.2) is 15.4 Å². The Bertz CT molecular complexity index is 282. The molecule has 2 aromatic rings. The van der Waals surface area contributed by atoms with Gasteiger partial charge in [-0.1, -0.05) is 17.3 Å². The molecule has 1 aromatic carbocycles. The number of fused-ring (bicyclic) bond motifs is 1. The van der Waals surface area contributed by atoms with Crippen LogP contribution in [0.25, 0.3) is 11.0 Å². The quantitative estimate of drug-likeness (QED) is 0.547. The van der Waals surface area contributed by atoms with Crippen molar-refractivity contribution in [3.05, 3.63) is 24.3 Å². The minimum Gasteiger partial charge on any atom is -0.257 e. The van der Waals surface area contributed by atoms with Gasteiger partial charge >= 0.3 is 0 Å². The smallest absolute Gasteiger partial charge is 0.121 e. The molecule has 0 saturated heterocycles. The molecule has 0 unspecified atom stereocenters. The van der Waals surface area contributed by atoms with Crippen molar-refractivity contribution in [2.75, 3.05) is 0 Å². The molecule has 1 heterocycles. The second-order valence-corrected chi connectivity index (χ2v) is 1.66. The molecule has 0 atom stereocenters. The third-order valence-electron chi connectivity index (χ3n) is 1.08. The van der Waals surface area contributed by atoms with Gasteiger partial charge in [0.05, 0.1) is 5.52 Å². The number of nitrogens with zero attached hydrogens (tertiary/aromatic N) is 2. The maximum absolute atomic E-state index is 3.73. The monoisotopic (exact) mass is 117 g/mol. The Labute approximate surface area is 51.7 Å². The standard InChI is InChI=1S/C6H3N3/c1-2-4-6-5(3-1)7-9-8-6/h1-2H,(H,7,8,9). The molecule has 2 radical (unpaired) electrons. The lowest BCUT2D eigenvalue weighted by atomic mass is 10.3. The van der Waals surface area contributed by atoms with Gasteiger partial charge in [0, 0.05) is 12.1 Å². The van der Waals surface area contributed by atoms with Crippen molar-refractivity contribution in [2.24, 2.45) is 0 Å². The van der Waals surface area contributed by atoms with Gasteiger partial charge in [-0.2, -0.15) is 0 Å². The number of aromatic nitrogens is 3. The minimum absolute atomic E-state index is 0.734. The topological polar surface area (TPSA) is 41.6 Å². The molecule has 1 aromatic heterocycles. The predicted molar refractivity (Wildman–Crippen MR) is 31.6 cm³/mol. The summed E-state index contributed by atoms with van der Waals surface area (Å²) in [5.41, 5.74) is 1.54. The first-order valence-corrected chi connectivity index (χ1v) is 2.56. The van der Waals surface area contributed by atoms with Crippen LogP contribution in [0.1, 0.15) is 0 Å². The van der Waals surface area contributed by atoms with E-state index >= 15 is 0 Å². The van der Waals surface area contributed by atoms with Gasteiger partial charge in [0.1, 0.15) is 5.52 Å². The van der Waals surface area contributed by atoms with E-state index in [9.17, 15) is 0 Å². The van der Waals surface area contributed by atoms with Crippen molar-refractivity contribution >= 4 is 11.0 Å². The van der Waals surface area contributed by atoms with Crippen LogP contribution in [0.2, 0.25) is 0 Å². The molecule has 0 aliphatic rings. The van der Waals surface area contributed by atoms with Crippen molar-refractivity contribution in [3.63, 3.8) is 0 Å². The van der Waals surface area contributed by atoms with Gasteiger partial charge in [0.25, 0.3) is 0 Å². The molecule has 0 aliphatic heterocycles. The summed E-state index contributed by atoms with van der Waals surface area (Å²) >= 11 is 0. The summed E-state index contributed by atoms with van der Waals surface area (Å²) in [7, 11) is 0. The molecule has 0 saturated carbocycles. The number of H-pyrrole nitrogens is 1. The maximum atomic E-state index is 3.73. The SMILES string of the molecule is [c]1cc[c]c2[nH]nnc12. The van der Waals surface area contributed by atoms with Crippen LogP contribution < -0.4 is 0 Å². The lowest BCUT2D eigenvalue weighted by Crippen LogP contribution is -1.65. The van der Waals surface area contributed by atoms with E-state index in [1.54, 1.807) is 12.1 Å². The molecular formula is C6H3N3. The summed E-state index contributed by atoms with van der Waals surface area (Å²) < 4.78 is 0. The van der Waals surface area contributed by atoms with Crippen molar-refractivity contribution in [1.29, 1.82) is 0 Å². The average molecular weight is 117 g/mol. The molecule has 3 heteroatoms. The highest BCUT2D eigenvalue weighted by Gasteiger charge is 1.91. The third-order valence-corrected chi connectivity index (χ3v) is 1.08. The van der Waals surface area contributed by atoms with Crippen LogP contribution in [0, 0.1) is 12.1 Å². The number of nitrogens with one attached hydrogen (secondary N) is 1. The Morgan fingerprint density at radius 1 is 1.33 bits per heavy atom. The highest BCUT2D eigenvalue weighted by atomic mass is 15.3. The van der Waals surface area contributed by atoms with Crippen LogP contribution in [0.4, 0.5) is 0 Å². The maximum Gasteiger partial charge on any atom is 0.121 e. The average Bonchev–Trinajstić information content (AvgIpc) is 2.33. The summed E-state index contributed by atoms with van der Waals surface area (Å²) in [4.78, 5) is 0. The highest BCUT2D eigenvalue weighted by molar-refractivity contribution is 5.71. The lowest BCUT2D eigenvalue weighted by Gasteiger charge is -1.77. The molecule has 9 heavy (non-hydrogen) atoms. The van der Waals surface area contributed by atoms with E-state index in [2.05, 4.69) is 27.5 Å². The predicted octanol–water partition coefficient (Wildman–Crippen LogP) is 0.558. The van der Waals surface area contributed by atoms with Crippen molar-refractivity contribution in [2.45, 2.75) is 0 Å². The zero-order valence-electron chi connectivity index (χ0n) is 4.55. The second kappa shape index (κ2) is 1.55. The van der Waals surface area contributed by atoms with E-state index in [4.69, 9.17) is 0 Å². The van der Waals surface area contributed by atoms with E-state index in [1.165, 1.54) is 0 Å². The van der Waals surface area contributed by atoms with Gasteiger partial charge in [0.15, 0.2) is 0 Å². The van der Waals surface area contributed by atoms with Crippen molar-refractivity contribution < 1.29 is 0 Å². The number of benzene rings is 1. The van der Waals surface area contributed by atoms with E-state index in [1.807, 2.05) is 0 Å².